The molecule has 1 fully saturated rings. The molecule has 1 amide bonds. The lowest BCUT2D eigenvalue weighted by molar-refractivity contribution is 0.102. The lowest BCUT2D eigenvalue weighted by Gasteiger charge is -2.13. The van der Waals surface area contributed by atoms with E-state index in [1.54, 1.807) is 26.0 Å². The van der Waals surface area contributed by atoms with Crippen molar-refractivity contribution in [2.45, 2.75) is 39.2 Å². The summed E-state index contributed by atoms with van der Waals surface area (Å²) in [6.07, 6.45) is 1.89. The SMILES string of the molecule is CCn1c(=O)[nH]c(=O)c2c(C(=O)Nc3cc(F)ccc3C)cc(C3CC3)nc21. The first-order chi connectivity index (χ1) is 13.4. The van der Waals surface area contributed by atoms with Crippen LogP contribution in [-0.4, -0.2) is 20.4 Å². The molecule has 1 saturated carbocycles. The molecule has 0 atom stereocenters. The molecule has 4 rings (SSSR count). The number of aromatic nitrogens is 3. The predicted octanol–water partition coefficient (Wildman–Crippen LogP) is 2.68. The Hall–Kier alpha value is -3.29. The van der Waals surface area contributed by atoms with E-state index in [1.807, 2.05) is 0 Å². The van der Waals surface area contributed by atoms with Crippen molar-refractivity contribution in [3.63, 3.8) is 0 Å². The van der Waals surface area contributed by atoms with Crippen LogP contribution in [0.1, 0.15) is 47.3 Å². The molecule has 1 aliphatic rings. The molecule has 0 radical (unpaired) electrons. The lowest BCUT2D eigenvalue weighted by Crippen LogP contribution is -2.32. The Balaban J connectivity index is 1.92. The van der Waals surface area contributed by atoms with E-state index in [0.717, 1.165) is 12.8 Å². The Morgan fingerprint density at radius 2 is 2.07 bits per heavy atom. The number of aromatic amines is 1. The Morgan fingerprint density at radius 1 is 1.32 bits per heavy atom. The number of fused-ring (bicyclic) bond motifs is 1. The smallest absolute Gasteiger partial charge is 0.322 e. The quantitative estimate of drug-likeness (QED) is 0.725. The third kappa shape index (κ3) is 3.11. The number of nitrogens with zero attached hydrogens (tertiary/aromatic N) is 2. The third-order valence-electron chi connectivity index (χ3n) is 4.97. The van der Waals surface area contributed by atoms with Crippen LogP contribution < -0.4 is 16.6 Å². The first-order valence-corrected chi connectivity index (χ1v) is 9.14. The van der Waals surface area contributed by atoms with Gasteiger partial charge in [0.2, 0.25) is 0 Å². The maximum absolute atomic E-state index is 13.6. The summed E-state index contributed by atoms with van der Waals surface area (Å²) in [5.74, 6) is -0.807. The Kier molecular flexibility index (Phi) is 4.33. The fraction of sp³-hybridized carbons (Fsp3) is 0.300. The zero-order valence-electron chi connectivity index (χ0n) is 15.5. The minimum Gasteiger partial charge on any atom is -0.322 e. The molecule has 1 aliphatic carbocycles. The molecular formula is C20H19FN4O3. The van der Waals surface area contributed by atoms with Gasteiger partial charge in [-0.2, -0.15) is 0 Å². The number of halogens is 1. The van der Waals surface area contributed by atoms with Crippen molar-refractivity contribution >= 4 is 22.6 Å². The summed E-state index contributed by atoms with van der Waals surface area (Å²) in [7, 11) is 0. The molecule has 0 bridgehead atoms. The number of H-pyrrole nitrogens is 1. The molecule has 0 saturated heterocycles. The van der Waals surface area contributed by atoms with Crippen molar-refractivity contribution in [1.82, 2.24) is 14.5 Å². The van der Waals surface area contributed by atoms with E-state index in [9.17, 15) is 18.8 Å². The van der Waals surface area contributed by atoms with Crippen LogP contribution in [0.2, 0.25) is 0 Å². The molecule has 0 unspecified atom stereocenters. The van der Waals surface area contributed by atoms with Crippen molar-refractivity contribution in [1.29, 1.82) is 0 Å². The van der Waals surface area contributed by atoms with E-state index in [1.165, 1.54) is 16.7 Å². The second-order valence-electron chi connectivity index (χ2n) is 6.98. The van der Waals surface area contributed by atoms with E-state index in [0.29, 0.717) is 23.5 Å². The van der Waals surface area contributed by atoms with Crippen LogP contribution in [0.15, 0.2) is 33.9 Å². The highest BCUT2D eigenvalue weighted by Gasteiger charge is 2.28. The van der Waals surface area contributed by atoms with Gasteiger partial charge < -0.3 is 5.32 Å². The molecule has 28 heavy (non-hydrogen) atoms. The van der Waals surface area contributed by atoms with Gasteiger partial charge in [0, 0.05) is 23.8 Å². The van der Waals surface area contributed by atoms with Gasteiger partial charge in [0.1, 0.15) is 5.82 Å². The molecule has 3 aromatic rings. The van der Waals surface area contributed by atoms with Gasteiger partial charge in [-0.25, -0.2) is 14.2 Å². The van der Waals surface area contributed by atoms with Crippen molar-refractivity contribution in [2.75, 3.05) is 5.32 Å². The van der Waals surface area contributed by atoms with Crippen molar-refractivity contribution < 1.29 is 9.18 Å². The molecule has 2 N–H and O–H groups in total. The van der Waals surface area contributed by atoms with Crippen LogP contribution in [0.5, 0.6) is 0 Å². The average molecular weight is 382 g/mol. The average Bonchev–Trinajstić information content (AvgIpc) is 3.49. The first kappa shape index (κ1) is 18.1. The highest BCUT2D eigenvalue weighted by atomic mass is 19.1. The monoisotopic (exact) mass is 382 g/mol. The van der Waals surface area contributed by atoms with Gasteiger partial charge >= 0.3 is 5.69 Å². The van der Waals surface area contributed by atoms with Gasteiger partial charge in [-0.3, -0.25) is 19.1 Å². The molecule has 1 aromatic carbocycles. The first-order valence-electron chi connectivity index (χ1n) is 9.14. The Labute approximate surface area is 159 Å². The number of nitrogens with one attached hydrogen (secondary N) is 2. The van der Waals surface area contributed by atoms with E-state index >= 15 is 0 Å². The molecule has 144 valence electrons. The van der Waals surface area contributed by atoms with Gasteiger partial charge in [-0.05, 0) is 50.5 Å². The Bertz CT molecular complexity index is 1220. The predicted molar refractivity (Wildman–Crippen MR) is 103 cm³/mol. The van der Waals surface area contributed by atoms with Gasteiger partial charge in [0.15, 0.2) is 5.65 Å². The van der Waals surface area contributed by atoms with Crippen LogP contribution in [0.25, 0.3) is 11.0 Å². The van der Waals surface area contributed by atoms with Crippen LogP contribution in [0.4, 0.5) is 10.1 Å². The van der Waals surface area contributed by atoms with Gasteiger partial charge in [-0.15, -0.1) is 0 Å². The molecule has 8 heteroatoms. The third-order valence-corrected chi connectivity index (χ3v) is 4.97. The number of carbonyl (C=O) groups excluding carboxylic acids is 1. The summed E-state index contributed by atoms with van der Waals surface area (Å²) in [5, 5.41) is 2.73. The van der Waals surface area contributed by atoms with Crippen molar-refractivity contribution in [3.8, 4) is 0 Å². The fourth-order valence-corrected chi connectivity index (χ4v) is 3.27. The van der Waals surface area contributed by atoms with E-state index < -0.39 is 23.0 Å². The summed E-state index contributed by atoms with van der Waals surface area (Å²) in [5.41, 5.74) is 0.785. The molecule has 2 heterocycles. The summed E-state index contributed by atoms with van der Waals surface area (Å²) in [6.45, 7) is 3.81. The number of anilines is 1. The van der Waals surface area contributed by atoms with E-state index in [-0.39, 0.29) is 22.5 Å². The summed E-state index contributed by atoms with van der Waals surface area (Å²) < 4.78 is 14.9. The minimum atomic E-state index is -0.666. The number of pyridine rings is 1. The topological polar surface area (TPSA) is 96.9 Å². The van der Waals surface area contributed by atoms with Gasteiger partial charge in [0.05, 0.1) is 10.9 Å². The van der Waals surface area contributed by atoms with Crippen LogP contribution in [0, 0.1) is 12.7 Å². The minimum absolute atomic E-state index is 0.0532. The zero-order chi connectivity index (χ0) is 20.0. The number of aryl methyl sites for hydroxylation is 2. The van der Waals surface area contributed by atoms with Gasteiger partial charge in [-0.1, -0.05) is 6.07 Å². The molecule has 0 aliphatic heterocycles. The Morgan fingerprint density at radius 3 is 2.75 bits per heavy atom. The number of benzene rings is 1. The van der Waals surface area contributed by atoms with Crippen molar-refractivity contribution in [3.05, 3.63) is 67.7 Å². The normalized spacial score (nSPS) is 13.7. The zero-order valence-corrected chi connectivity index (χ0v) is 15.5. The summed E-state index contributed by atoms with van der Waals surface area (Å²) >= 11 is 0. The molecular weight excluding hydrogens is 363 g/mol. The highest BCUT2D eigenvalue weighted by molar-refractivity contribution is 6.12. The largest absolute Gasteiger partial charge is 0.329 e. The second-order valence-corrected chi connectivity index (χ2v) is 6.98. The van der Waals surface area contributed by atoms with Crippen LogP contribution >= 0.6 is 0 Å². The molecule has 7 nitrogen and oxygen atoms in total. The highest BCUT2D eigenvalue weighted by Crippen LogP contribution is 2.40. The number of rotatable bonds is 4. The standard InChI is InChI=1S/C20H19FN4O3/c1-3-25-17-16(19(27)24-20(25)28)13(9-15(22-17)11-5-6-11)18(26)23-14-8-12(21)7-4-10(14)2/h4,7-9,11H,3,5-6H2,1-2H3,(H,23,26)(H,24,27,28). The number of carbonyl (C=O) groups is 1. The van der Waals surface area contributed by atoms with Crippen molar-refractivity contribution in [2.24, 2.45) is 0 Å². The molecule has 2 aromatic heterocycles. The van der Waals surface area contributed by atoms with E-state index in [2.05, 4.69) is 15.3 Å². The van der Waals surface area contributed by atoms with Gasteiger partial charge in [0.25, 0.3) is 11.5 Å². The number of amides is 1. The number of hydrogen-bond donors (Lipinski definition) is 2. The van der Waals surface area contributed by atoms with Crippen LogP contribution in [0.3, 0.4) is 0 Å². The fourth-order valence-electron chi connectivity index (χ4n) is 3.27. The molecule has 0 spiro atoms. The summed E-state index contributed by atoms with van der Waals surface area (Å²) in [6, 6.07) is 5.70. The van der Waals surface area contributed by atoms with E-state index in [4.69, 9.17) is 0 Å². The maximum Gasteiger partial charge on any atom is 0.329 e. The van der Waals surface area contributed by atoms with Crippen LogP contribution in [-0.2, 0) is 6.54 Å². The summed E-state index contributed by atoms with van der Waals surface area (Å²) in [4.78, 5) is 44.5. The lowest BCUT2D eigenvalue weighted by atomic mass is 10.1. The number of hydrogen-bond acceptors (Lipinski definition) is 4. The maximum atomic E-state index is 13.6. The second kappa shape index (κ2) is 6.70.